The molecular weight excluding hydrogens is 186 g/mol. The minimum Gasteiger partial charge on any atom is -0.342 e. The number of carbonyl (C=O) groups excluding carboxylic acids is 1. The van der Waals surface area contributed by atoms with Gasteiger partial charge in [-0.1, -0.05) is 13.8 Å². The molecule has 15 heavy (non-hydrogen) atoms. The largest absolute Gasteiger partial charge is 0.342 e. The maximum Gasteiger partial charge on any atom is 0.225 e. The molecule has 0 aromatic heterocycles. The van der Waals surface area contributed by atoms with Gasteiger partial charge in [-0.25, -0.2) is 0 Å². The lowest BCUT2D eigenvalue weighted by molar-refractivity contribution is -0.134. The van der Waals surface area contributed by atoms with Crippen molar-refractivity contribution in [1.82, 2.24) is 4.90 Å². The average Bonchev–Trinajstić information content (AvgIpc) is 2.62. The normalized spacial score (nSPS) is 41.7. The van der Waals surface area contributed by atoms with Crippen molar-refractivity contribution >= 4 is 5.91 Å². The highest BCUT2D eigenvalue weighted by Crippen LogP contribution is 2.54. The van der Waals surface area contributed by atoms with E-state index in [0.29, 0.717) is 17.2 Å². The Hall–Kier alpha value is -0.530. The highest BCUT2D eigenvalue weighted by atomic mass is 16.2. The van der Waals surface area contributed by atoms with Gasteiger partial charge in [0.15, 0.2) is 0 Å². The van der Waals surface area contributed by atoms with Gasteiger partial charge in [-0.05, 0) is 42.9 Å². The van der Waals surface area contributed by atoms with E-state index in [1.807, 2.05) is 0 Å². The van der Waals surface area contributed by atoms with Crippen LogP contribution in [0.4, 0.5) is 0 Å². The molecule has 1 aliphatic heterocycles. The third-order valence-corrected chi connectivity index (χ3v) is 4.58. The molecule has 0 spiro atoms. The minimum atomic E-state index is 0.358. The summed E-state index contributed by atoms with van der Waals surface area (Å²) in [6.45, 7) is 6.52. The van der Waals surface area contributed by atoms with Crippen LogP contribution in [0.2, 0.25) is 0 Å². The Labute approximate surface area is 92.0 Å². The lowest BCUT2D eigenvalue weighted by Crippen LogP contribution is -2.35. The second-order valence-electron chi connectivity index (χ2n) is 6.60. The standard InChI is InChI=1S/C13H21NO/c1-13(2)3-4-14(8-13)12(15)11-6-9-5-10(9)7-11/h9-11H,3-8H2,1-2H3. The summed E-state index contributed by atoms with van der Waals surface area (Å²) in [4.78, 5) is 14.3. The number of nitrogens with zero attached hydrogens (tertiary/aromatic N) is 1. The van der Waals surface area contributed by atoms with Gasteiger partial charge < -0.3 is 4.90 Å². The molecule has 0 bridgehead atoms. The van der Waals surface area contributed by atoms with Crippen LogP contribution in [0.1, 0.15) is 39.5 Å². The molecule has 3 fully saturated rings. The highest BCUT2D eigenvalue weighted by Gasteiger charge is 2.49. The monoisotopic (exact) mass is 207 g/mol. The fourth-order valence-corrected chi connectivity index (χ4v) is 3.48. The molecule has 2 nitrogen and oxygen atoms in total. The van der Waals surface area contributed by atoms with E-state index < -0.39 is 0 Å². The number of fused-ring (bicyclic) bond motifs is 1. The molecule has 1 amide bonds. The first-order valence-electron chi connectivity index (χ1n) is 6.34. The zero-order chi connectivity index (χ0) is 10.6. The van der Waals surface area contributed by atoms with Crippen LogP contribution in [0.25, 0.3) is 0 Å². The van der Waals surface area contributed by atoms with Crippen LogP contribution in [0, 0.1) is 23.2 Å². The molecule has 0 aromatic rings. The van der Waals surface area contributed by atoms with Crippen molar-refractivity contribution in [3.63, 3.8) is 0 Å². The van der Waals surface area contributed by atoms with Crippen LogP contribution in [-0.2, 0) is 4.79 Å². The molecule has 2 atom stereocenters. The van der Waals surface area contributed by atoms with Crippen LogP contribution in [0.15, 0.2) is 0 Å². The summed E-state index contributed by atoms with van der Waals surface area (Å²) in [6.07, 6.45) is 4.98. The second-order valence-corrected chi connectivity index (χ2v) is 6.60. The first kappa shape index (κ1) is 9.68. The van der Waals surface area contributed by atoms with E-state index in [-0.39, 0.29) is 0 Å². The van der Waals surface area contributed by atoms with E-state index >= 15 is 0 Å². The second kappa shape index (κ2) is 2.99. The van der Waals surface area contributed by atoms with E-state index in [4.69, 9.17) is 0 Å². The Morgan fingerprint density at radius 1 is 1.20 bits per heavy atom. The smallest absolute Gasteiger partial charge is 0.225 e. The number of amides is 1. The minimum absolute atomic E-state index is 0.358. The first-order chi connectivity index (χ1) is 7.05. The number of hydrogen-bond acceptors (Lipinski definition) is 1. The van der Waals surface area contributed by atoms with E-state index in [0.717, 1.165) is 24.9 Å². The van der Waals surface area contributed by atoms with Crippen LogP contribution in [-0.4, -0.2) is 23.9 Å². The van der Waals surface area contributed by atoms with Gasteiger partial charge in [0.1, 0.15) is 0 Å². The van der Waals surface area contributed by atoms with E-state index in [1.54, 1.807) is 0 Å². The molecule has 1 heterocycles. The molecular formula is C13H21NO. The van der Waals surface area contributed by atoms with Crippen molar-refractivity contribution in [2.75, 3.05) is 13.1 Å². The molecule has 3 aliphatic rings. The predicted molar refractivity (Wildman–Crippen MR) is 59.3 cm³/mol. The Morgan fingerprint density at radius 3 is 2.40 bits per heavy atom. The van der Waals surface area contributed by atoms with E-state index in [1.165, 1.54) is 25.7 Å². The molecule has 2 saturated carbocycles. The van der Waals surface area contributed by atoms with Gasteiger partial charge in [-0.2, -0.15) is 0 Å². The number of likely N-dealkylation sites (tertiary alicyclic amines) is 1. The summed E-state index contributed by atoms with van der Waals surface area (Å²) >= 11 is 0. The molecule has 84 valence electrons. The zero-order valence-corrected chi connectivity index (χ0v) is 9.83. The number of rotatable bonds is 1. The van der Waals surface area contributed by atoms with Gasteiger partial charge in [0.2, 0.25) is 5.91 Å². The Kier molecular flexibility index (Phi) is 1.93. The van der Waals surface area contributed by atoms with Crippen LogP contribution < -0.4 is 0 Å². The molecule has 2 heteroatoms. The first-order valence-corrected chi connectivity index (χ1v) is 6.34. The van der Waals surface area contributed by atoms with Crippen molar-refractivity contribution in [2.45, 2.75) is 39.5 Å². The average molecular weight is 207 g/mol. The molecule has 0 N–H and O–H groups in total. The lowest BCUT2D eigenvalue weighted by atomic mass is 9.93. The number of carbonyl (C=O) groups is 1. The fourth-order valence-electron chi connectivity index (χ4n) is 3.48. The predicted octanol–water partition coefficient (Wildman–Crippen LogP) is 2.29. The Balaban J connectivity index is 1.61. The van der Waals surface area contributed by atoms with E-state index in [9.17, 15) is 4.79 Å². The highest BCUT2D eigenvalue weighted by molar-refractivity contribution is 5.79. The fraction of sp³-hybridized carbons (Fsp3) is 0.923. The van der Waals surface area contributed by atoms with Crippen LogP contribution in [0.3, 0.4) is 0 Å². The summed E-state index contributed by atoms with van der Waals surface area (Å²) in [5.41, 5.74) is 0.358. The van der Waals surface area contributed by atoms with Crippen molar-refractivity contribution in [1.29, 1.82) is 0 Å². The van der Waals surface area contributed by atoms with Crippen molar-refractivity contribution < 1.29 is 4.79 Å². The molecule has 3 rings (SSSR count). The maximum atomic E-state index is 12.2. The molecule has 1 saturated heterocycles. The van der Waals surface area contributed by atoms with E-state index in [2.05, 4.69) is 18.7 Å². The maximum absolute atomic E-state index is 12.2. The van der Waals surface area contributed by atoms with Gasteiger partial charge in [0.05, 0.1) is 0 Å². The quantitative estimate of drug-likeness (QED) is 0.646. The van der Waals surface area contributed by atoms with Gasteiger partial charge >= 0.3 is 0 Å². The van der Waals surface area contributed by atoms with Gasteiger partial charge in [0.25, 0.3) is 0 Å². The van der Waals surface area contributed by atoms with Gasteiger partial charge in [0, 0.05) is 19.0 Å². The third-order valence-electron chi connectivity index (χ3n) is 4.58. The topological polar surface area (TPSA) is 20.3 Å². The molecule has 2 unspecified atom stereocenters. The van der Waals surface area contributed by atoms with Crippen LogP contribution >= 0.6 is 0 Å². The SMILES string of the molecule is CC1(C)CCN(C(=O)C2CC3CC3C2)C1. The van der Waals surface area contributed by atoms with Crippen LogP contribution in [0.5, 0.6) is 0 Å². The molecule has 0 radical (unpaired) electrons. The summed E-state index contributed by atoms with van der Waals surface area (Å²) in [5, 5.41) is 0. The summed E-state index contributed by atoms with van der Waals surface area (Å²) in [6, 6.07) is 0. The Morgan fingerprint density at radius 2 is 1.87 bits per heavy atom. The third kappa shape index (κ3) is 1.68. The van der Waals surface area contributed by atoms with Gasteiger partial charge in [-0.3, -0.25) is 4.79 Å². The zero-order valence-electron chi connectivity index (χ0n) is 9.83. The van der Waals surface area contributed by atoms with Crippen molar-refractivity contribution in [3.05, 3.63) is 0 Å². The van der Waals surface area contributed by atoms with Crippen molar-refractivity contribution in [2.24, 2.45) is 23.2 Å². The number of hydrogen-bond donors (Lipinski definition) is 0. The summed E-state index contributed by atoms with van der Waals surface area (Å²) < 4.78 is 0. The van der Waals surface area contributed by atoms with Crippen molar-refractivity contribution in [3.8, 4) is 0 Å². The summed E-state index contributed by atoms with van der Waals surface area (Å²) in [7, 11) is 0. The van der Waals surface area contributed by atoms with Gasteiger partial charge in [-0.15, -0.1) is 0 Å². The summed E-state index contributed by atoms with van der Waals surface area (Å²) in [5.74, 6) is 2.71. The molecule has 2 aliphatic carbocycles. The molecule has 0 aromatic carbocycles. The lowest BCUT2D eigenvalue weighted by Gasteiger charge is -2.23. The Bertz CT molecular complexity index is 287.